The van der Waals surface area contributed by atoms with Gasteiger partial charge in [-0.15, -0.1) is 0 Å². The summed E-state index contributed by atoms with van der Waals surface area (Å²) < 4.78 is 2.05. The van der Waals surface area contributed by atoms with Crippen LogP contribution < -0.4 is 5.73 Å². The van der Waals surface area contributed by atoms with Gasteiger partial charge in [-0.2, -0.15) is 0 Å². The molecule has 4 heteroatoms. The molecule has 1 heterocycles. The van der Waals surface area contributed by atoms with Gasteiger partial charge in [-0.25, -0.2) is 4.98 Å². The quantitative estimate of drug-likeness (QED) is 0.754. The van der Waals surface area contributed by atoms with Crippen molar-refractivity contribution in [3.63, 3.8) is 0 Å². The lowest BCUT2D eigenvalue weighted by Gasteiger charge is -2.27. The van der Waals surface area contributed by atoms with Crippen LogP contribution in [0.5, 0.6) is 0 Å². The summed E-state index contributed by atoms with van der Waals surface area (Å²) in [5.74, 6) is 0. The third-order valence-electron chi connectivity index (χ3n) is 3.94. The lowest BCUT2D eigenvalue weighted by molar-refractivity contribution is 0.0325. The molecular formula is C17H19N3O. The van der Waals surface area contributed by atoms with Gasteiger partial charge in [-0.1, -0.05) is 42.5 Å². The zero-order valence-electron chi connectivity index (χ0n) is 11.8. The Bertz CT molecular complexity index is 723. The Morgan fingerprint density at radius 1 is 1.05 bits per heavy atom. The molecule has 108 valence electrons. The van der Waals surface area contributed by atoms with Crippen LogP contribution in [-0.2, 0) is 12.1 Å². The van der Waals surface area contributed by atoms with Gasteiger partial charge in [0.2, 0.25) is 0 Å². The van der Waals surface area contributed by atoms with Crippen LogP contribution in [0.25, 0.3) is 11.0 Å². The van der Waals surface area contributed by atoms with Crippen LogP contribution in [0.4, 0.5) is 0 Å². The molecule has 0 aliphatic rings. The summed E-state index contributed by atoms with van der Waals surface area (Å²) in [6.45, 7) is 0.868. The summed E-state index contributed by atoms with van der Waals surface area (Å²) in [4.78, 5) is 4.37. The summed E-state index contributed by atoms with van der Waals surface area (Å²) >= 11 is 0. The third-order valence-corrected chi connectivity index (χ3v) is 3.94. The van der Waals surface area contributed by atoms with Crippen molar-refractivity contribution in [3.8, 4) is 0 Å². The van der Waals surface area contributed by atoms with Crippen molar-refractivity contribution in [2.45, 2.75) is 18.6 Å². The number of aromatic nitrogens is 2. The van der Waals surface area contributed by atoms with Crippen LogP contribution in [0.3, 0.4) is 0 Å². The first kappa shape index (κ1) is 13.8. The second-order valence-corrected chi connectivity index (χ2v) is 5.28. The standard InChI is InChI=1S/C17H19N3O/c18-12-17(21,14-6-2-1-3-7-14)10-11-20-13-19-15-8-4-5-9-16(15)20/h1-9,13,21H,10-12,18H2. The van der Waals surface area contributed by atoms with Gasteiger partial charge in [0.1, 0.15) is 5.60 Å². The van der Waals surface area contributed by atoms with Gasteiger partial charge in [0.15, 0.2) is 0 Å². The first-order chi connectivity index (χ1) is 10.2. The molecule has 0 spiro atoms. The van der Waals surface area contributed by atoms with E-state index in [0.717, 1.165) is 16.6 Å². The Labute approximate surface area is 123 Å². The summed E-state index contributed by atoms with van der Waals surface area (Å²) in [6.07, 6.45) is 2.36. The molecule has 21 heavy (non-hydrogen) atoms. The maximum absolute atomic E-state index is 10.8. The average Bonchev–Trinajstić information content (AvgIpc) is 2.97. The molecule has 1 atom stereocenters. The summed E-state index contributed by atoms with van der Waals surface area (Å²) in [6, 6.07) is 17.6. The smallest absolute Gasteiger partial charge is 0.103 e. The lowest BCUT2D eigenvalue weighted by atomic mass is 9.90. The Balaban J connectivity index is 1.82. The van der Waals surface area contributed by atoms with E-state index in [2.05, 4.69) is 9.55 Å². The molecule has 0 aliphatic heterocycles. The fourth-order valence-electron chi connectivity index (χ4n) is 2.61. The number of benzene rings is 2. The molecule has 0 aliphatic carbocycles. The maximum atomic E-state index is 10.8. The van der Waals surface area contributed by atoms with Gasteiger partial charge in [0.25, 0.3) is 0 Å². The van der Waals surface area contributed by atoms with Crippen molar-refractivity contribution in [2.24, 2.45) is 5.73 Å². The molecule has 2 aromatic carbocycles. The monoisotopic (exact) mass is 281 g/mol. The van der Waals surface area contributed by atoms with Crippen LogP contribution in [0.15, 0.2) is 60.9 Å². The molecule has 4 nitrogen and oxygen atoms in total. The third kappa shape index (κ3) is 2.68. The topological polar surface area (TPSA) is 64.1 Å². The van der Waals surface area contributed by atoms with Gasteiger partial charge < -0.3 is 15.4 Å². The molecule has 0 radical (unpaired) electrons. The van der Waals surface area contributed by atoms with Crippen LogP contribution in [0.2, 0.25) is 0 Å². The van der Waals surface area contributed by atoms with Crippen molar-refractivity contribution >= 4 is 11.0 Å². The molecule has 0 bridgehead atoms. The van der Waals surface area contributed by atoms with Crippen molar-refractivity contribution in [1.29, 1.82) is 0 Å². The number of nitrogens with two attached hydrogens (primary N) is 1. The van der Waals surface area contributed by atoms with E-state index in [0.29, 0.717) is 13.0 Å². The van der Waals surface area contributed by atoms with Gasteiger partial charge in [-0.05, 0) is 24.1 Å². The van der Waals surface area contributed by atoms with Crippen LogP contribution >= 0.6 is 0 Å². The highest BCUT2D eigenvalue weighted by Crippen LogP contribution is 2.25. The molecule has 3 N–H and O–H groups in total. The summed E-state index contributed by atoms with van der Waals surface area (Å²) in [5, 5.41) is 10.8. The van der Waals surface area contributed by atoms with E-state index < -0.39 is 5.60 Å². The van der Waals surface area contributed by atoms with Gasteiger partial charge in [-0.3, -0.25) is 0 Å². The fraction of sp³-hybridized carbons (Fsp3) is 0.235. The second kappa shape index (κ2) is 5.68. The van der Waals surface area contributed by atoms with E-state index in [1.54, 1.807) is 0 Å². The Morgan fingerprint density at radius 2 is 1.76 bits per heavy atom. The van der Waals surface area contributed by atoms with E-state index in [4.69, 9.17) is 5.73 Å². The number of hydrogen-bond acceptors (Lipinski definition) is 3. The first-order valence-corrected chi connectivity index (χ1v) is 7.11. The molecule has 0 saturated heterocycles. The highest BCUT2D eigenvalue weighted by molar-refractivity contribution is 5.74. The Kier molecular flexibility index (Phi) is 3.73. The molecule has 3 aromatic rings. The predicted molar refractivity (Wildman–Crippen MR) is 83.7 cm³/mol. The highest BCUT2D eigenvalue weighted by Gasteiger charge is 2.27. The number of hydrogen-bond donors (Lipinski definition) is 2. The van der Waals surface area contributed by atoms with Gasteiger partial charge in [0, 0.05) is 13.1 Å². The average molecular weight is 281 g/mol. The number of para-hydroxylation sites is 2. The lowest BCUT2D eigenvalue weighted by Crippen LogP contribution is -2.36. The van der Waals surface area contributed by atoms with Crippen LogP contribution in [0.1, 0.15) is 12.0 Å². The number of imidazole rings is 1. The number of fused-ring (bicyclic) bond motifs is 1. The van der Waals surface area contributed by atoms with Crippen molar-refractivity contribution in [2.75, 3.05) is 6.54 Å². The normalized spacial score (nSPS) is 14.2. The minimum atomic E-state index is -1.01. The van der Waals surface area contributed by atoms with Crippen LogP contribution in [-0.4, -0.2) is 21.2 Å². The highest BCUT2D eigenvalue weighted by atomic mass is 16.3. The Hall–Kier alpha value is -2.17. The SMILES string of the molecule is NCC(O)(CCn1cnc2ccccc21)c1ccccc1. The predicted octanol–water partition coefficient (Wildman–Crippen LogP) is 2.27. The summed E-state index contributed by atoms with van der Waals surface area (Å²) in [7, 11) is 0. The largest absolute Gasteiger partial charge is 0.384 e. The number of aryl methyl sites for hydroxylation is 1. The van der Waals surface area contributed by atoms with E-state index in [1.165, 1.54) is 0 Å². The molecule has 3 rings (SSSR count). The molecule has 0 fully saturated rings. The number of rotatable bonds is 5. The first-order valence-electron chi connectivity index (χ1n) is 7.11. The van der Waals surface area contributed by atoms with Gasteiger partial charge in [0.05, 0.1) is 17.4 Å². The number of aliphatic hydroxyl groups is 1. The van der Waals surface area contributed by atoms with Gasteiger partial charge >= 0.3 is 0 Å². The van der Waals surface area contributed by atoms with E-state index in [-0.39, 0.29) is 6.54 Å². The van der Waals surface area contributed by atoms with Crippen molar-refractivity contribution in [3.05, 3.63) is 66.5 Å². The molecule has 0 amide bonds. The van der Waals surface area contributed by atoms with E-state index in [1.807, 2.05) is 60.9 Å². The van der Waals surface area contributed by atoms with Crippen molar-refractivity contribution in [1.82, 2.24) is 9.55 Å². The zero-order chi connectivity index (χ0) is 14.7. The fourth-order valence-corrected chi connectivity index (χ4v) is 2.61. The zero-order valence-corrected chi connectivity index (χ0v) is 11.8. The Morgan fingerprint density at radius 3 is 2.52 bits per heavy atom. The second-order valence-electron chi connectivity index (χ2n) is 5.28. The maximum Gasteiger partial charge on any atom is 0.103 e. The molecular weight excluding hydrogens is 262 g/mol. The molecule has 0 saturated carbocycles. The minimum absolute atomic E-state index is 0.198. The molecule has 1 unspecified atom stereocenters. The minimum Gasteiger partial charge on any atom is -0.384 e. The number of nitrogens with zero attached hydrogens (tertiary/aromatic N) is 2. The van der Waals surface area contributed by atoms with Crippen LogP contribution in [0, 0.1) is 0 Å². The molecule has 1 aromatic heterocycles. The van der Waals surface area contributed by atoms with E-state index in [9.17, 15) is 5.11 Å². The van der Waals surface area contributed by atoms with E-state index >= 15 is 0 Å². The van der Waals surface area contributed by atoms with Crippen molar-refractivity contribution < 1.29 is 5.11 Å². The summed E-state index contributed by atoms with van der Waals surface area (Å²) in [5.41, 5.74) is 7.71.